The van der Waals surface area contributed by atoms with Crippen molar-refractivity contribution in [2.75, 3.05) is 11.9 Å². The lowest BCUT2D eigenvalue weighted by molar-refractivity contribution is 0.102. The first-order valence-corrected chi connectivity index (χ1v) is 9.79. The summed E-state index contributed by atoms with van der Waals surface area (Å²) in [6.07, 6.45) is 0.858. The van der Waals surface area contributed by atoms with Crippen molar-refractivity contribution in [2.24, 2.45) is 0 Å². The van der Waals surface area contributed by atoms with E-state index >= 15 is 0 Å². The highest BCUT2D eigenvalue weighted by Crippen LogP contribution is 2.25. The molecule has 0 aliphatic carbocycles. The summed E-state index contributed by atoms with van der Waals surface area (Å²) in [5, 5.41) is 8.22. The third-order valence-corrected chi connectivity index (χ3v) is 4.62. The molecule has 0 unspecified atom stereocenters. The zero-order valence-electron chi connectivity index (χ0n) is 16.5. The Morgan fingerprint density at radius 1 is 0.933 bits per heavy atom. The van der Waals surface area contributed by atoms with Gasteiger partial charge in [0.25, 0.3) is 11.5 Å². The maximum absolute atomic E-state index is 13.2. The fraction of sp³-hybridized carbons (Fsp3) is 0.125. The van der Waals surface area contributed by atoms with Crippen LogP contribution >= 0.6 is 0 Å². The lowest BCUT2D eigenvalue weighted by atomic mass is 10.1. The van der Waals surface area contributed by atoms with E-state index in [9.17, 15) is 9.59 Å². The van der Waals surface area contributed by atoms with E-state index in [2.05, 4.69) is 10.4 Å². The molecule has 6 nitrogen and oxygen atoms in total. The molecule has 0 aliphatic heterocycles. The Balaban J connectivity index is 1.80. The van der Waals surface area contributed by atoms with Crippen molar-refractivity contribution in [1.29, 1.82) is 0 Å². The zero-order chi connectivity index (χ0) is 20.9. The molecule has 4 aromatic rings. The van der Waals surface area contributed by atoms with E-state index in [1.165, 1.54) is 4.68 Å². The minimum Gasteiger partial charge on any atom is -0.491 e. The van der Waals surface area contributed by atoms with Crippen LogP contribution in [0.1, 0.15) is 23.8 Å². The number of aromatic nitrogens is 2. The molecule has 0 aliphatic rings. The van der Waals surface area contributed by atoms with Gasteiger partial charge >= 0.3 is 0 Å². The van der Waals surface area contributed by atoms with Crippen LogP contribution in [0.25, 0.3) is 16.5 Å². The molecule has 0 saturated carbocycles. The van der Waals surface area contributed by atoms with E-state index in [0.717, 1.165) is 6.42 Å². The summed E-state index contributed by atoms with van der Waals surface area (Å²) in [6.45, 7) is 2.57. The molecule has 0 bridgehead atoms. The predicted octanol–water partition coefficient (Wildman–Crippen LogP) is 4.43. The molecule has 1 N–H and O–H groups in total. The van der Waals surface area contributed by atoms with E-state index < -0.39 is 5.91 Å². The Bertz CT molecular complexity index is 1250. The van der Waals surface area contributed by atoms with Gasteiger partial charge in [-0.3, -0.25) is 9.59 Å². The lowest BCUT2D eigenvalue weighted by Gasteiger charge is -2.14. The first kappa shape index (κ1) is 19.4. The molecule has 6 heteroatoms. The largest absolute Gasteiger partial charge is 0.491 e. The number of anilines is 1. The molecule has 4 rings (SSSR count). The van der Waals surface area contributed by atoms with E-state index in [0.29, 0.717) is 34.5 Å². The van der Waals surface area contributed by atoms with Crippen LogP contribution in [0.3, 0.4) is 0 Å². The van der Waals surface area contributed by atoms with Crippen LogP contribution in [0.5, 0.6) is 5.75 Å². The number of benzene rings is 3. The van der Waals surface area contributed by atoms with Crippen LogP contribution in [-0.2, 0) is 0 Å². The summed E-state index contributed by atoms with van der Waals surface area (Å²) in [5.41, 5.74) is 1.03. The minimum absolute atomic E-state index is 0.166. The molecular weight excluding hydrogens is 378 g/mol. The van der Waals surface area contributed by atoms with Crippen LogP contribution in [0.4, 0.5) is 5.69 Å². The van der Waals surface area contributed by atoms with Crippen molar-refractivity contribution in [3.63, 3.8) is 0 Å². The van der Waals surface area contributed by atoms with E-state index in [1.807, 2.05) is 43.3 Å². The molecule has 150 valence electrons. The fourth-order valence-electron chi connectivity index (χ4n) is 3.19. The fourth-order valence-corrected chi connectivity index (χ4v) is 3.19. The Hall–Kier alpha value is -3.93. The molecule has 0 fully saturated rings. The van der Waals surface area contributed by atoms with Crippen molar-refractivity contribution in [2.45, 2.75) is 13.3 Å². The number of nitrogens with zero attached hydrogens (tertiary/aromatic N) is 2. The molecule has 0 spiro atoms. The van der Waals surface area contributed by atoms with Gasteiger partial charge < -0.3 is 10.1 Å². The zero-order valence-corrected chi connectivity index (χ0v) is 16.5. The van der Waals surface area contributed by atoms with Gasteiger partial charge in [0.1, 0.15) is 5.75 Å². The third kappa shape index (κ3) is 3.80. The van der Waals surface area contributed by atoms with E-state index in [1.54, 1.807) is 42.5 Å². The molecular formula is C24H21N3O3. The number of hydrogen-bond donors (Lipinski definition) is 1. The molecule has 0 saturated heterocycles. The van der Waals surface area contributed by atoms with Crippen molar-refractivity contribution >= 4 is 22.4 Å². The van der Waals surface area contributed by atoms with Gasteiger partial charge in [-0.25, -0.2) is 0 Å². The number of nitrogens with one attached hydrogen (secondary N) is 1. The monoisotopic (exact) mass is 399 g/mol. The average molecular weight is 399 g/mol. The second-order valence-corrected chi connectivity index (χ2v) is 6.75. The summed E-state index contributed by atoms with van der Waals surface area (Å²) in [7, 11) is 0. The molecule has 0 atom stereocenters. The Kier molecular flexibility index (Phi) is 5.57. The summed E-state index contributed by atoms with van der Waals surface area (Å²) in [5.74, 6) is 0.178. The number of amides is 1. The van der Waals surface area contributed by atoms with E-state index in [-0.39, 0.29) is 11.3 Å². The van der Waals surface area contributed by atoms with Crippen LogP contribution in [-0.4, -0.2) is 22.3 Å². The number of ether oxygens (including phenoxy) is 1. The van der Waals surface area contributed by atoms with Gasteiger partial charge in [0.2, 0.25) is 0 Å². The second kappa shape index (κ2) is 8.61. The first-order chi connectivity index (χ1) is 14.7. The third-order valence-electron chi connectivity index (χ3n) is 4.62. The van der Waals surface area contributed by atoms with Crippen molar-refractivity contribution in [3.05, 3.63) is 94.9 Å². The molecule has 30 heavy (non-hydrogen) atoms. The standard InChI is InChI=1S/C24H21N3O3/c1-2-16-30-21-15-9-8-14-20(21)25-23(28)22-18-12-6-7-13-19(18)24(29)27(26-22)17-10-4-3-5-11-17/h3-15H,2,16H2,1H3,(H,25,28). The van der Waals surface area contributed by atoms with Gasteiger partial charge in [-0.2, -0.15) is 9.78 Å². The Morgan fingerprint density at radius 2 is 1.60 bits per heavy atom. The van der Waals surface area contributed by atoms with Crippen molar-refractivity contribution in [3.8, 4) is 11.4 Å². The summed E-state index contributed by atoms with van der Waals surface area (Å²) >= 11 is 0. The maximum Gasteiger partial charge on any atom is 0.279 e. The smallest absolute Gasteiger partial charge is 0.279 e. The summed E-state index contributed by atoms with van der Waals surface area (Å²) in [6, 6.07) is 23.3. The highest BCUT2D eigenvalue weighted by molar-refractivity contribution is 6.11. The highest BCUT2D eigenvalue weighted by Gasteiger charge is 2.18. The molecule has 1 aromatic heterocycles. The second-order valence-electron chi connectivity index (χ2n) is 6.75. The number of para-hydroxylation sites is 3. The van der Waals surface area contributed by atoms with Gasteiger partial charge in [0.05, 0.1) is 23.4 Å². The number of carbonyl (C=O) groups is 1. The van der Waals surface area contributed by atoms with Crippen LogP contribution in [0, 0.1) is 0 Å². The molecule has 1 amide bonds. The number of carbonyl (C=O) groups excluding carboxylic acids is 1. The van der Waals surface area contributed by atoms with Crippen LogP contribution in [0.2, 0.25) is 0 Å². The van der Waals surface area contributed by atoms with Gasteiger partial charge in [-0.15, -0.1) is 0 Å². The quantitative estimate of drug-likeness (QED) is 0.521. The van der Waals surface area contributed by atoms with Crippen LogP contribution in [0.15, 0.2) is 83.7 Å². The molecule has 3 aromatic carbocycles. The maximum atomic E-state index is 13.2. The van der Waals surface area contributed by atoms with Gasteiger partial charge in [0.15, 0.2) is 5.69 Å². The average Bonchev–Trinajstić information content (AvgIpc) is 2.79. The van der Waals surface area contributed by atoms with Crippen molar-refractivity contribution < 1.29 is 9.53 Å². The van der Waals surface area contributed by atoms with Crippen LogP contribution < -0.4 is 15.6 Å². The van der Waals surface area contributed by atoms with Gasteiger partial charge in [0, 0.05) is 5.39 Å². The van der Waals surface area contributed by atoms with E-state index in [4.69, 9.17) is 4.74 Å². The minimum atomic E-state index is -0.413. The molecule has 1 heterocycles. The Labute approximate surface area is 173 Å². The normalized spacial score (nSPS) is 10.7. The molecule has 0 radical (unpaired) electrons. The SMILES string of the molecule is CCCOc1ccccc1NC(=O)c1nn(-c2ccccc2)c(=O)c2ccccc12. The lowest BCUT2D eigenvalue weighted by Crippen LogP contribution is -2.26. The first-order valence-electron chi connectivity index (χ1n) is 9.79. The highest BCUT2D eigenvalue weighted by atomic mass is 16.5. The topological polar surface area (TPSA) is 73.2 Å². The number of hydrogen-bond acceptors (Lipinski definition) is 4. The number of rotatable bonds is 6. The predicted molar refractivity (Wildman–Crippen MR) is 118 cm³/mol. The summed E-state index contributed by atoms with van der Waals surface area (Å²) < 4.78 is 6.99. The Morgan fingerprint density at radius 3 is 2.37 bits per heavy atom. The summed E-state index contributed by atoms with van der Waals surface area (Å²) in [4.78, 5) is 26.2. The van der Waals surface area contributed by atoms with Crippen molar-refractivity contribution in [1.82, 2.24) is 9.78 Å². The van der Waals surface area contributed by atoms with Gasteiger partial charge in [-0.05, 0) is 36.8 Å². The van der Waals surface area contributed by atoms with Gasteiger partial charge in [-0.1, -0.05) is 55.5 Å². The number of fused-ring (bicyclic) bond motifs is 1.